The van der Waals surface area contributed by atoms with E-state index in [0.717, 1.165) is 65.3 Å². The van der Waals surface area contributed by atoms with Crippen LogP contribution >= 0.6 is 0 Å². The van der Waals surface area contributed by atoms with Crippen molar-refractivity contribution in [1.29, 1.82) is 0 Å². The van der Waals surface area contributed by atoms with Crippen LogP contribution in [0.2, 0.25) is 0 Å². The fraction of sp³-hybridized carbons (Fsp3) is 0.231. The van der Waals surface area contributed by atoms with Crippen LogP contribution in [-0.2, 0) is 11.3 Å². The number of nitrogens with one attached hydrogen (secondary N) is 2. The third-order valence-electron chi connectivity index (χ3n) is 6.55. The molecule has 6 rings (SSSR count). The Morgan fingerprint density at radius 3 is 2.67 bits per heavy atom. The summed E-state index contributed by atoms with van der Waals surface area (Å²) < 4.78 is 0. The number of imidazole rings is 1. The van der Waals surface area contributed by atoms with E-state index in [1.807, 2.05) is 60.9 Å². The number of pyridine rings is 1. The van der Waals surface area contributed by atoms with Crippen LogP contribution in [0.4, 0.5) is 11.4 Å². The molecule has 33 heavy (non-hydrogen) atoms. The summed E-state index contributed by atoms with van der Waals surface area (Å²) in [5, 5.41) is 3.14. The summed E-state index contributed by atoms with van der Waals surface area (Å²) in [5.41, 5.74) is 6.91. The van der Waals surface area contributed by atoms with Gasteiger partial charge in [-0.25, -0.2) is 4.98 Å². The average Bonchev–Trinajstić information content (AvgIpc) is 3.48. The van der Waals surface area contributed by atoms with Crippen molar-refractivity contribution in [2.24, 2.45) is 10.9 Å². The van der Waals surface area contributed by atoms with E-state index in [1.165, 1.54) is 5.69 Å². The van der Waals surface area contributed by atoms with E-state index < -0.39 is 0 Å². The van der Waals surface area contributed by atoms with E-state index >= 15 is 0 Å². The highest BCUT2D eigenvalue weighted by molar-refractivity contribution is 6.14. The molecule has 1 saturated heterocycles. The standard InChI is InChI=1S/C26H24N6O/c33-26(17-9-13-32(14-10-17)20-7-11-27-12-8-20)29-19-6-5-18-16-28-24(21(18)15-19)25-30-22-3-1-2-4-23(22)31-25/h1-8,11-12,15,17H,9-10,13-14,16H2,(H,29,33)(H,30,31). The van der Waals surface area contributed by atoms with E-state index in [4.69, 9.17) is 9.98 Å². The molecule has 4 aromatic rings. The molecule has 1 fully saturated rings. The molecule has 2 aromatic carbocycles. The first-order valence-electron chi connectivity index (χ1n) is 11.3. The van der Waals surface area contributed by atoms with Gasteiger partial charge in [-0.2, -0.15) is 0 Å². The van der Waals surface area contributed by atoms with Gasteiger partial charge in [-0.05, 0) is 54.8 Å². The Kier molecular flexibility index (Phi) is 4.87. The first-order valence-corrected chi connectivity index (χ1v) is 11.3. The predicted molar refractivity (Wildman–Crippen MR) is 130 cm³/mol. The molecule has 0 bridgehead atoms. The van der Waals surface area contributed by atoms with Gasteiger partial charge in [0.05, 0.1) is 17.6 Å². The first-order chi connectivity index (χ1) is 16.2. The highest BCUT2D eigenvalue weighted by Crippen LogP contribution is 2.28. The zero-order chi connectivity index (χ0) is 22.2. The zero-order valence-corrected chi connectivity index (χ0v) is 18.2. The van der Waals surface area contributed by atoms with Gasteiger partial charge in [-0.3, -0.25) is 14.8 Å². The van der Waals surface area contributed by atoms with Gasteiger partial charge in [0.1, 0.15) is 5.71 Å². The quantitative estimate of drug-likeness (QED) is 0.503. The summed E-state index contributed by atoms with van der Waals surface area (Å²) in [5.74, 6) is 0.867. The molecule has 0 aliphatic carbocycles. The largest absolute Gasteiger partial charge is 0.371 e. The number of benzene rings is 2. The van der Waals surface area contributed by atoms with Crippen molar-refractivity contribution in [2.45, 2.75) is 19.4 Å². The Morgan fingerprint density at radius 1 is 1.03 bits per heavy atom. The lowest BCUT2D eigenvalue weighted by molar-refractivity contribution is -0.120. The lowest BCUT2D eigenvalue weighted by Gasteiger charge is -2.32. The van der Waals surface area contributed by atoms with E-state index in [1.54, 1.807) is 0 Å². The second-order valence-corrected chi connectivity index (χ2v) is 8.60. The van der Waals surface area contributed by atoms with Crippen LogP contribution in [-0.4, -0.2) is 39.7 Å². The molecule has 7 nitrogen and oxygen atoms in total. The molecule has 2 aromatic heterocycles. The van der Waals surface area contributed by atoms with Crippen molar-refractivity contribution < 1.29 is 4.79 Å². The van der Waals surface area contributed by atoms with Crippen LogP contribution in [0, 0.1) is 5.92 Å². The van der Waals surface area contributed by atoms with Crippen molar-refractivity contribution in [1.82, 2.24) is 15.0 Å². The lowest BCUT2D eigenvalue weighted by Crippen LogP contribution is -2.38. The number of piperidine rings is 1. The summed E-state index contributed by atoms with van der Waals surface area (Å²) in [4.78, 5) is 32.2. The number of amides is 1. The Labute approximate surface area is 191 Å². The van der Waals surface area contributed by atoms with Gasteiger partial charge in [0, 0.05) is 48.3 Å². The molecule has 0 unspecified atom stereocenters. The molecular formula is C26H24N6O. The maximum absolute atomic E-state index is 13.0. The lowest BCUT2D eigenvalue weighted by atomic mass is 9.95. The molecule has 1 amide bonds. The second kappa shape index (κ2) is 8.16. The monoisotopic (exact) mass is 436 g/mol. The van der Waals surface area contributed by atoms with Gasteiger partial charge in [0.2, 0.25) is 5.91 Å². The van der Waals surface area contributed by atoms with Gasteiger partial charge >= 0.3 is 0 Å². The summed E-state index contributed by atoms with van der Waals surface area (Å²) in [6, 6.07) is 18.1. The number of hydrogen-bond acceptors (Lipinski definition) is 5. The minimum atomic E-state index is 0.0138. The Hall–Kier alpha value is -4.00. The van der Waals surface area contributed by atoms with Gasteiger partial charge in [0.25, 0.3) is 0 Å². The number of para-hydroxylation sites is 2. The molecule has 0 saturated carbocycles. The minimum absolute atomic E-state index is 0.0138. The number of nitrogens with zero attached hydrogens (tertiary/aromatic N) is 4. The van der Waals surface area contributed by atoms with Crippen LogP contribution < -0.4 is 10.2 Å². The number of anilines is 2. The number of carbonyl (C=O) groups excluding carboxylic acids is 1. The van der Waals surface area contributed by atoms with E-state index in [2.05, 4.69) is 26.3 Å². The number of fused-ring (bicyclic) bond motifs is 2. The molecular weight excluding hydrogens is 412 g/mol. The topological polar surface area (TPSA) is 86.3 Å². The third kappa shape index (κ3) is 3.75. The minimum Gasteiger partial charge on any atom is -0.371 e. The number of aromatic nitrogens is 3. The SMILES string of the molecule is O=C(Nc1ccc2c(c1)C(c1nc3ccccc3[nH]1)=NC2)C1CCN(c2ccncc2)CC1. The fourth-order valence-corrected chi connectivity index (χ4v) is 4.73. The molecule has 2 aliphatic heterocycles. The van der Waals surface area contributed by atoms with E-state index in [0.29, 0.717) is 6.54 Å². The third-order valence-corrected chi connectivity index (χ3v) is 6.55. The highest BCUT2D eigenvalue weighted by atomic mass is 16.1. The summed E-state index contributed by atoms with van der Waals surface area (Å²) in [7, 11) is 0. The smallest absolute Gasteiger partial charge is 0.227 e. The Morgan fingerprint density at radius 2 is 1.85 bits per heavy atom. The molecule has 2 N–H and O–H groups in total. The Balaban J connectivity index is 1.15. The van der Waals surface area contributed by atoms with Crippen LogP contribution in [0.15, 0.2) is 72.0 Å². The summed E-state index contributed by atoms with van der Waals surface area (Å²) in [6.45, 7) is 2.37. The summed E-state index contributed by atoms with van der Waals surface area (Å²) in [6.07, 6.45) is 5.30. The number of carbonyl (C=O) groups is 1. The average molecular weight is 437 g/mol. The van der Waals surface area contributed by atoms with Gasteiger partial charge in [0.15, 0.2) is 5.82 Å². The van der Waals surface area contributed by atoms with E-state index in [-0.39, 0.29) is 11.8 Å². The van der Waals surface area contributed by atoms with E-state index in [9.17, 15) is 4.79 Å². The van der Waals surface area contributed by atoms with Gasteiger partial charge < -0.3 is 15.2 Å². The van der Waals surface area contributed by atoms with Crippen LogP contribution in [0.25, 0.3) is 11.0 Å². The van der Waals surface area contributed by atoms with Crippen LogP contribution in [0.5, 0.6) is 0 Å². The molecule has 0 atom stereocenters. The Bertz CT molecular complexity index is 1320. The fourth-order valence-electron chi connectivity index (χ4n) is 4.73. The molecule has 164 valence electrons. The molecule has 2 aliphatic rings. The predicted octanol–water partition coefficient (Wildman–Crippen LogP) is 4.16. The van der Waals surface area contributed by atoms with Crippen molar-refractivity contribution >= 4 is 34.0 Å². The van der Waals surface area contributed by atoms with Crippen LogP contribution in [0.1, 0.15) is 29.8 Å². The summed E-state index contributed by atoms with van der Waals surface area (Å²) >= 11 is 0. The number of H-pyrrole nitrogens is 1. The first kappa shape index (κ1) is 19.7. The molecule has 7 heteroatoms. The normalized spacial score (nSPS) is 16.0. The van der Waals surface area contributed by atoms with Crippen molar-refractivity contribution in [3.05, 3.63) is 83.9 Å². The van der Waals surface area contributed by atoms with Crippen LogP contribution in [0.3, 0.4) is 0 Å². The number of rotatable bonds is 4. The van der Waals surface area contributed by atoms with Gasteiger partial charge in [-0.15, -0.1) is 0 Å². The molecule has 0 radical (unpaired) electrons. The maximum Gasteiger partial charge on any atom is 0.227 e. The maximum atomic E-state index is 13.0. The van der Waals surface area contributed by atoms with Gasteiger partial charge in [-0.1, -0.05) is 18.2 Å². The molecule has 4 heterocycles. The van der Waals surface area contributed by atoms with Crippen molar-refractivity contribution in [3.63, 3.8) is 0 Å². The molecule has 0 spiro atoms. The second-order valence-electron chi connectivity index (χ2n) is 8.60. The highest BCUT2D eigenvalue weighted by Gasteiger charge is 2.26. The zero-order valence-electron chi connectivity index (χ0n) is 18.2. The number of aromatic amines is 1. The number of hydrogen-bond donors (Lipinski definition) is 2. The number of aliphatic imine (C=N–C) groups is 1. The van der Waals surface area contributed by atoms with Crippen molar-refractivity contribution in [3.8, 4) is 0 Å². The van der Waals surface area contributed by atoms with Crippen molar-refractivity contribution in [2.75, 3.05) is 23.3 Å².